The van der Waals surface area contributed by atoms with Gasteiger partial charge in [0.15, 0.2) is 0 Å². The molecule has 0 aromatic carbocycles. The molecule has 4 nitrogen and oxygen atoms in total. The first-order chi connectivity index (χ1) is 23.7. The van der Waals surface area contributed by atoms with Crippen LogP contribution in [0.3, 0.4) is 0 Å². The first-order valence-electron chi connectivity index (χ1n) is 19.3. The van der Waals surface area contributed by atoms with Gasteiger partial charge in [0.1, 0.15) is 6.10 Å². The van der Waals surface area contributed by atoms with Crippen molar-refractivity contribution in [3.8, 4) is 0 Å². The molecule has 0 aromatic rings. The Balaban J connectivity index is 3.60. The van der Waals surface area contributed by atoms with Crippen molar-refractivity contribution in [1.29, 1.82) is 0 Å². The van der Waals surface area contributed by atoms with Gasteiger partial charge in [-0.3, -0.25) is 4.79 Å². The first-order valence-corrected chi connectivity index (χ1v) is 19.3. The van der Waals surface area contributed by atoms with Crippen molar-refractivity contribution in [1.82, 2.24) is 0 Å². The zero-order valence-corrected chi connectivity index (χ0v) is 31.0. The van der Waals surface area contributed by atoms with E-state index in [4.69, 9.17) is 9.47 Å². The van der Waals surface area contributed by atoms with Crippen molar-refractivity contribution < 1.29 is 19.4 Å². The minimum Gasteiger partial charge on any atom is -0.457 e. The summed E-state index contributed by atoms with van der Waals surface area (Å²) in [6.07, 6.45) is 57.4. The van der Waals surface area contributed by atoms with Crippen LogP contribution in [0.2, 0.25) is 0 Å². The van der Waals surface area contributed by atoms with E-state index in [1.807, 2.05) is 0 Å². The second-order valence-corrected chi connectivity index (χ2v) is 12.3. The number of allylic oxidation sites excluding steroid dienone is 16. The molecular weight excluding hydrogens is 592 g/mol. The van der Waals surface area contributed by atoms with Crippen molar-refractivity contribution in [2.75, 3.05) is 19.8 Å². The molecule has 0 amide bonds. The fourth-order valence-corrected chi connectivity index (χ4v) is 4.76. The normalized spacial score (nSPS) is 13.5. The molecule has 48 heavy (non-hydrogen) atoms. The summed E-state index contributed by atoms with van der Waals surface area (Å²) in [4.78, 5) is 12.1. The Kier molecular flexibility index (Phi) is 38.2. The molecule has 1 unspecified atom stereocenters. The van der Waals surface area contributed by atoms with Crippen molar-refractivity contribution in [3.05, 3.63) is 97.2 Å². The van der Waals surface area contributed by atoms with Crippen LogP contribution in [-0.4, -0.2) is 37.0 Å². The van der Waals surface area contributed by atoms with Gasteiger partial charge in [-0.2, -0.15) is 0 Å². The smallest absolute Gasteiger partial charge is 0.306 e. The summed E-state index contributed by atoms with van der Waals surface area (Å²) in [7, 11) is 0. The summed E-state index contributed by atoms with van der Waals surface area (Å²) in [5.41, 5.74) is 0. The Morgan fingerprint density at radius 2 is 0.938 bits per heavy atom. The average molecular weight is 665 g/mol. The highest BCUT2D eigenvalue weighted by molar-refractivity contribution is 5.69. The highest BCUT2D eigenvalue weighted by Crippen LogP contribution is 2.10. The molecule has 0 aliphatic rings. The monoisotopic (exact) mass is 665 g/mol. The average Bonchev–Trinajstić information content (AvgIpc) is 3.09. The molecule has 1 N–H and O–H groups in total. The van der Waals surface area contributed by atoms with Crippen molar-refractivity contribution >= 4 is 5.97 Å². The van der Waals surface area contributed by atoms with Crippen LogP contribution in [0.15, 0.2) is 97.2 Å². The van der Waals surface area contributed by atoms with Crippen molar-refractivity contribution in [2.45, 2.75) is 155 Å². The number of ether oxygens (including phenoxy) is 2. The fraction of sp³-hybridized carbons (Fsp3) is 0.614. The molecule has 0 fully saturated rings. The van der Waals surface area contributed by atoms with Crippen molar-refractivity contribution in [2.24, 2.45) is 0 Å². The number of unbranched alkanes of at least 4 members (excludes halogenated alkanes) is 10. The van der Waals surface area contributed by atoms with E-state index in [1.165, 1.54) is 32.1 Å². The molecule has 0 saturated carbocycles. The van der Waals surface area contributed by atoms with Crippen LogP contribution in [0.1, 0.15) is 149 Å². The first kappa shape index (κ1) is 45.3. The Bertz CT molecular complexity index is 918. The Labute approximate surface area is 296 Å². The fourth-order valence-electron chi connectivity index (χ4n) is 4.76. The number of aliphatic hydroxyl groups is 1. The number of esters is 1. The molecular formula is C44H72O4. The van der Waals surface area contributed by atoms with E-state index in [0.717, 1.165) is 96.3 Å². The second-order valence-electron chi connectivity index (χ2n) is 12.3. The van der Waals surface area contributed by atoms with E-state index < -0.39 is 6.10 Å². The topological polar surface area (TPSA) is 55.8 Å². The van der Waals surface area contributed by atoms with Crippen LogP contribution in [0.4, 0.5) is 0 Å². The molecule has 0 aliphatic carbocycles. The van der Waals surface area contributed by atoms with E-state index in [2.05, 4.69) is 111 Å². The summed E-state index contributed by atoms with van der Waals surface area (Å²) in [6, 6.07) is 0. The summed E-state index contributed by atoms with van der Waals surface area (Å²) in [5, 5.41) is 9.56. The van der Waals surface area contributed by atoms with Crippen LogP contribution < -0.4 is 0 Å². The van der Waals surface area contributed by atoms with Gasteiger partial charge in [0.2, 0.25) is 0 Å². The van der Waals surface area contributed by atoms with Crippen molar-refractivity contribution in [3.63, 3.8) is 0 Å². The maximum atomic E-state index is 12.1. The van der Waals surface area contributed by atoms with Gasteiger partial charge in [0.05, 0.1) is 13.2 Å². The molecule has 0 heterocycles. The molecule has 1 atom stereocenters. The largest absolute Gasteiger partial charge is 0.457 e. The van der Waals surface area contributed by atoms with E-state index >= 15 is 0 Å². The number of carbonyl (C=O) groups is 1. The van der Waals surface area contributed by atoms with Gasteiger partial charge < -0.3 is 14.6 Å². The summed E-state index contributed by atoms with van der Waals surface area (Å²) in [5.74, 6) is -0.232. The molecule has 272 valence electrons. The lowest BCUT2D eigenvalue weighted by Gasteiger charge is -2.15. The number of hydrogen-bond donors (Lipinski definition) is 1. The molecule has 0 saturated heterocycles. The number of aliphatic hydroxyl groups excluding tert-OH is 1. The van der Waals surface area contributed by atoms with Crippen LogP contribution in [0.5, 0.6) is 0 Å². The summed E-state index contributed by atoms with van der Waals surface area (Å²) < 4.78 is 11.1. The molecule has 0 spiro atoms. The maximum absolute atomic E-state index is 12.1. The van der Waals surface area contributed by atoms with E-state index in [9.17, 15) is 9.90 Å². The molecule has 0 aromatic heterocycles. The predicted octanol–water partition coefficient (Wildman–Crippen LogP) is 12.6. The van der Waals surface area contributed by atoms with Gasteiger partial charge in [-0.1, -0.05) is 150 Å². The molecule has 0 bridgehead atoms. The van der Waals surface area contributed by atoms with Gasteiger partial charge in [-0.25, -0.2) is 0 Å². The highest BCUT2D eigenvalue weighted by Gasteiger charge is 2.13. The summed E-state index contributed by atoms with van der Waals surface area (Å²) in [6.45, 7) is 5.07. The lowest BCUT2D eigenvalue weighted by molar-refractivity contribution is -0.154. The lowest BCUT2D eigenvalue weighted by atomic mass is 10.1. The van der Waals surface area contributed by atoms with Gasteiger partial charge in [0, 0.05) is 13.0 Å². The Hall–Kier alpha value is -2.69. The third-order valence-electron chi connectivity index (χ3n) is 7.64. The highest BCUT2D eigenvalue weighted by atomic mass is 16.6. The molecule has 0 rings (SSSR count). The standard InChI is InChI=1S/C44H72O4/c1-3-5-7-9-11-13-15-17-19-20-21-22-23-24-25-26-28-30-32-34-36-38-40-47-42-43(41-45)48-44(46)39-37-35-33-31-29-27-18-16-14-12-10-8-6-4-2/h5,7,10-13,16-19,21-22,24-25,28,30,43,45H,3-4,6,8-9,14-15,20,23,26-27,29,31-42H2,1-2H3/b7-5-,12-10-,13-11-,18-16-,19-17-,22-21-,25-24-,30-28-. The van der Waals surface area contributed by atoms with Gasteiger partial charge in [-0.15, -0.1) is 0 Å². The SMILES string of the molecule is CC/C=C\C/C=C\C/C=C\C/C=C\C/C=C\C/C=C\CCCCCOCC(CO)OC(=O)CCCCCCC/C=C\C/C=C\CCCC. The number of rotatable bonds is 34. The predicted molar refractivity (Wildman–Crippen MR) is 209 cm³/mol. The van der Waals surface area contributed by atoms with Gasteiger partial charge in [0.25, 0.3) is 0 Å². The van der Waals surface area contributed by atoms with Crippen LogP contribution in [0.25, 0.3) is 0 Å². The zero-order valence-electron chi connectivity index (χ0n) is 31.0. The minimum absolute atomic E-state index is 0.198. The second kappa shape index (κ2) is 40.5. The van der Waals surface area contributed by atoms with Crippen LogP contribution in [-0.2, 0) is 14.3 Å². The maximum Gasteiger partial charge on any atom is 0.306 e. The van der Waals surface area contributed by atoms with Crippen LogP contribution in [0, 0.1) is 0 Å². The quantitative estimate of drug-likeness (QED) is 0.0422. The lowest BCUT2D eigenvalue weighted by Crippen LogP contribution is -2.27. The number of carbonyl (C=O) groups excluding carboxylic acids is 1. The Morgan fingerprint density at radius 1 is 0.521 bits per heavy atom. The number of hydrogen-bond acceptors (Lipinski definition) is 4. The molecule has 4 heteroatoms. The Morgan fingerprint density at radius 3 is 1.42 bits per heavy atom. The van der Waals surface area contributed by atoms with Gasteiger partial charge in [-0.05, 0) is 89.9 Å². The minimum atomic E-state index is -0.565. The van der Waals surface area contributed by atoms with Crippen LogP contribution >= 0.6 is 0 Å². The zero-order chi connectivity index (χ0) is 34.9. The van der Waals surface area contributed by atoms with E-state index in [-0.39, 0.29) is 19.2 Å². The third-order valence-corrected chi connectivity index (χ3v) is 7.64. The van der Waals surface area contributed by atoms with E-state index in [1.54, 1.807) is 0 Å². The van der Waals surface area contributed by atoms with Gasteiger partial charge >= 0.3 is 5.97 Å². The summed E-state index contributed by atoms with van der Waals surface area (Å²) >= 11 is 0. The molecule has 0 aliphatic heterocycles. The van der Waals surface area contributed by atoms with E-state index in [0.29, 0.717) is 13.0 Å². The molecule has 0 radical (unpaired) electrons. The third kappa shape index (κ3) is 37.8.